The average molecular weight is 459 g/mol. The summed E-state index contributed by atoms with van der Waals surface area (Å²) in [5.41, 5.74) is 3.21. The fraction of sp³-hybridized carbons (Fsp3) is 0.522. The lowest BCUT2D eigenvalue weighted by Crippen LogP contribution is -2.35. The Morgan fingerprint density at radius 3 is 2.72 bits per heavy atom. The number of hydrogen-bond donors (Lipinski definition) is 1. The number of nitrogens with zero attached hydrogens (tertiary/aromatic N) is 6. The summed E-state index contributed by atoms with van der Waals surface area (Å²) in [5.74, 6) is 0.755. The molecule has 2 saturated heterocycles. The molecule has 9 heteroatoms. The summed E-state index contributed by atoms with van der Waals surface area (Å²) >= 11 is 6.60. The van der Waals surface area contributed by atoms with Gasteiger partial charge in [0.25, 0.3) is 0 Å². The van der Waals surface area contributed by atoms with Gasteiger partial charge < -0.3 is 14.9 Å². The van der Waals surface area contributed by atoms with Crippen molar-refractivity contribution in [3.8, 4) is 11.1 Å². The Morgan fingerprint density at radius 1 is 1.12 bits per heavy atom. The van der Waals surface area contributed by atoms with Crippen LogP contribution < -0.4 is 4.90 Å². The summed E-state index contributed by atoms with van der Waals surface area (Å²) in [4.78, 5) is 13.7. The van der Waals surface area contributed by atoms with E-state index in [0.29, 0.717) is 30.6 Å². The van der Waals surface area contributed by atoms with Gasteiger partial charge in [0.15, 0.2) is 0 Å². The molecule has 0 aliphatic carbocycles. The maximum absolute atomic E-state index is 13.7. The highest BCUT2D eigenvalue weighted by Crippen LogP contribution is 2.35. The molecule has 7 nitrogen and oxygen atoms in total. The van der Waals surface area contributed by atoms with Crippen LogP contribution in [-0.2, 0) is 0 Å². The number of fused-ring (bicyclic) bond motifs is 1. The normalized spacial score (nSPS) is 20.5. The average Bonchev–Trinajstić information content (AvgIpc) is 3.47. The van der Waals surface area contributed by atoms with Crippen LogP contribution in [0, 0.1) is 0 Å². The highest BCUT2D eigenvalue weighted by Gasteiger charge is 2.25. The third-order valence-electron chi connectivity index (χ3n) is 6.56. The van der Waals surface area contributed by atoms with Crippen LogP contribution in [0.2, 0.25) is 5.02 Å². The molecule has 1 atom stereocenters. The topological polar surface area (TPSA) is 70.3 Å². The highest BCUT2D eigenvalue weighted by molar-refractivity contribution is 6.34. The van der Waals surface area contributed by atoms with Gasteiger partial charge in [-0.15, -0.1) is 0 Å². The molecule has 3 aromatic heterocycles. The molecule has 5 rings (SSSR count). The quantitative estimate of drug-likeness (QED) is 0.607. The Morgan fingerprint density at radius 2 is 1.97 bits per heavy atom. The summed E-state index contributed by atoms with van der Waals surface area (Å²) in [5, 5.41) is 14.2. The van der Waals surface area contributed by atoms with Crippen LogP contribution in [0.4, 0.5) is 10.2 Å². The zero-order valence-corrected chi connectivity index (χ0v) is 18.8. The van der Waals surface area contributed by atoms with Crippen molar-refractivity contribution in [2.45, 2.75) is 37.9 Å². The van der Waals surface area contributed by atoms with Crippen LogP contribution in [0.1, 0.15) is 31.7 Å². The first kappa shape index (κ1) is 21.6. The SMILES string of the molecule is OCCCN1CCC(n2cc(-c3c(Cl)cnc4ccc(N5CCC(F)C5)nc34)cn2)CC1. The Balaban J connectivity index is 1.41. The fourth-order valence-electron chi connectivity index (χ4n) is 4.78. The molecule has 0 saturated carbocycles. The number of rotatable bonds is 6. The van der Waals surface area contributed by atoms with Gasteiger partial charge in [-0.05, 0) is 37.8 Å². The number of pyridine rings is 2. The van der Waals surface area contributed by atoms with Crippen molar-refractivity contribution >= 4 is 28.5 Å². The number of aliphatic hydroxyl groups is 1. The Labute approximate surface area is 191 Å². The maximum Gasteiger partial charge on any atom is 0.129 e. The molecular weight excluding hydrogens is 431 g/mol. The first-order valence-corrected chi connectivity index (χ1v) is 11.7. The predicted octanol–water partition coefficient (Wildman–Crippen LogP) is 3.71. The minimum absolute atomic E-state index is 0.241. The van der Waals surface area contributed by atoms with Gasteiger partial charge in [-0.25, -0.2) is 9.37 Å². The van der Waals surface area contributed by atoms with Crippen LogP contribution in [0.3, 0.4) is 0 Å². The minimum atomic E-state index is -0.808. The van der Waals surface area contributed by atoms with E-state index in [9.17, 15) is 4.39 Å². The zero-order valence-electron chi connectivity index (χ0n) is 18.0. The van der Waals surface area contributed by atoms with E-state index in [4.69, 9.17) is 21.7 Å². The van der Waals surface area contributed by atoms with Crippen LogP contribution in [0.25, 0.3) is 22.2 Å². The van der Waals surface area contributed by atoms with E-state index in [2.05, 4.69) is 21.2 Å². The van der Waals surface area contributed by atoms with Gasteiger partial charge in [-0.3, -0.25) is 9.67 Å². The van der Waals surface area contributed by atoms with E-state index in [0.717, 1.165) is 66.9 Å². The standard InChI is InChI=1S/C23H28ClFN6O/c24-19-13-26-20-2-3-21(30-10-4-17(25)15-30)28-23(20)22(19)16-12-27-31(14-16)18-5-8-29(9-6-18)7-1-11-32/h2-3,12-14,17-18,32H,1,4-11,15H2. The van der Waals surface area contributed by atoms with Gasteiger partial charge >= 0.3 is 0 Å². The molecule has 32 heavy (non-hydrogen) atoms. The van der Waals surface area contributed by atoms with E-state index in [1.807, 2.05) is 27.9 Å². The molecule has 0 amide bonds. The van der Waals surface area contributed by atoms with Crippen molar-refractivity contribution in [1.29, 1.82) is 0 Å². The second-order valence-electron chi connectivity index (χ2n) is 8.71. The van der Waals surface area contributed by atoms with Gasteiger partial charge in [0.2, 0.25) is 0 Å². The van der Waals surface area contributed by atoms with Crippen LogP contribution >= 0.6 is 11.6 Å². The van der Waals surface area contributed by atoms with Crippen molar-refractivity contribution in [2.75, 3.05) is 44.2 Å². The second-order valence-corrected chi connectivity index (χ2v) is 9.12. The van der Waals surface area contributed by atoms with Gasteiger partial charge in [-0.2, -0.15) is 5.10 Å². The molecule has 5 heterocycles. The number of halogens is 2. The molecule has 2 aliphatic heterocycles. The molecule has 1 N–H and O–H groups in total. The van der Waals surface area contributed by atoms with E-state index in [-0.39, 0.29) is 6.61 Å². The molecule has 0 spiro atoms. The van der Waals surface area contributed by atoms with Crippen molar-refractivity contribution in [3.63, 3.8) is 0 Å². The summed E-state index contributed by atoms with van der Waals surface area (Å²) in [6.45, 7) is 4.24. The largest absolute Gasteiger partial charge is 0.396 e. The van der Waals surface area contributed by atoms with E-state index >= 15 is 0 Å². The summed E-state index contributed by atoms with van der Waals surface area (Å²) in [6, 6.07) is 4.17. The van der Waals surface area contributed by atoms with Crippen molar-refractivity contribution < 1.29 is 9.50 Å². The molecule has 2 aliphatic rings. The molecule has 0 bridgehead atoms. The predicted molar refractivity (Wildman–Crippen MR) is 124 cm³/mol. The number of aromatic nitrogens is 4. The number of anilines is 1. The minimum Gasteiger partial charge on any atom is -0.396 e. The lowest BCUT2D eigenvalue weighted by atomic mass is 10.0. The van der Waals surface area contributed by atoms with Gasteiger partial charge in [0, 0.05) is 56.3 Å². The molecule has 0 radical (unpaired) electrons. The maximum atomic E-state index is 13.7. The van der Waals surface area contributed by atoms with Crippen LogP contribution in [0.15, 0.2) is 30.7 Å². The second kappa shape index (κ2) is 9.29. The molecular formula is C23H28ClFN6O. The van der Waals surface area contributed by atoms with Crippen molar-refractivity contribution in [3.05, 3.63) is 35.7 Å². The lowest BCUT2D eigenvalue weighted by molar-refractivity contribution is 0.164. The van der Waals surface area contributed by atoms with Crippen molar-refractivity contribution in [2.24, 2.45) is 0 Å². The Bertz CT molecular complexity index is 1080. The fourth-order valence-corrected chi connectivity index (χ4v) is 5.03. The van der Waals surface area contributed by atoms with Gasteiger partial charge in [0.1, 0.15) is 17.5 Å². The highest BCUT2D eigenvalue weighted by atomic mass is 35.5. The third kappa shape index (κ3) is 4.31. The molecule has 1 unspecified atom stereocenters. The monoisotopic (exact) mass is 458 g/mol. The number of aliphatic hydroxyl groups excluding tert-OH is 1. The molecule has 2 fully saturated rings. The summed E-state index contributed by atoms with van der Waals surface area (Å²) in [7, 11) is 0. The zero-order chi connectivity index (χ0) is 22.1. The number of piperidine rings is 1. The first-order valence-electron chi connectivity index (χ1n) is 11.3. The first-order chi connectivity index (χ1) is 15.6. The Hall–Kier alpha value is -2.29. The molecule has 3 aromatic rings. The number of alkyl halides is 1. The Kier molecular flexibility index (Phi) is 6.26. The van der Waals surface area contributed by atoms with Crippen LogP contribution in [0.5, 0.6) is 0 Å². The lowest BCUT2D eigenvalue weighted by Gasteiger charge is -2.31. The van der Waals surface area contributed by atoms with Crippen molar-refractivity contribution in [1.82, 2.24) is 24.6 Å². The van der Waals surface area contributed by atoms with Gasteiger partial charge in [0.05, 0.1) is 29.3 Å². The van der Waals surface area contributed by atoms with E-state index in [1.54, 1.807) is 6.20 Å². The van der Waals surface area contributed by atoms with E-state index < -0.39 is 6.17 Å². The molecule has 0 aromatic carbocycles. The van der Waals surface area contributed by atoms with Gasteiger partial charge in [-0.1, -0.05) is 11.6 Å². The smallest absolute Gasteiger partial charge is 0.129 e. The van der Waals surface area contributed by atoms with E-state index in [1.165, 1.54) is 0 Å². The number of likely N-dealkylation sites (tertiary alicyclic amines) is 1. The van der Waals surface area contributed by atoms with Crippen LogP contribution in [-0.4, -0.2) is 75.3 Å². The molecule has 170 valence electrons. The third-order valence-corrected chi connectivity index (χ3v) is 6.85. The summed E-state index contributed by atoms with van der Waals surface area (Å²) < 4.78 is 15.8. The summed E-state index contributed by atoms with van der Waals surface area (Å²) in [6.07, 6.45) is 8.16. The number of hydrogen-bond acceptors (Lipinski definition) is 6.